The minimum absolute atomic E-state index is 0.142. The first kappa shape index (κ1) is 13.6. The number of nitrogens with one attached hydrogen (secondary N) is 2. The molecule has 0 amide bonds. The van der Waals surface area contributed by atoms with E-state index in [1.54, 1.807) is 6.20 Å². The molecular formula is C9H9F3N6S. The molecule has 0 aromatic carbocycles. The first-order chi connectivity index (χ1) is 9.05. The third-order valence-corrected chi connectivity index (χ3v) is 2.86. The van der Waals surface area contributed by atoms with E-state index in [1.165, 1.54) is 17.8 Å². The Balaban J connectivity index is 1.83. The van der Waals surface area contributed by atoms with Gasteiger partial charge in [-0.25, -0.2) is 9.97 Å². The molecule has 0 atom stereocenters. The van der Waals surface area contributed by atoms with Crippen molar-refractivity contribution in [2.45, 2.75) is 11.2 Å². The Hall–Kier alpha value is -1.84. The predicted molar refractivity (Wildman–Crippen MR) is 62.6 cm³/mol. The zero-order valence-corrected chi connectivity index (χ0v) is 10.3. The molecule has 0 aliphatic rings. The number of anilines is 1. The molecule has 0 saturated carbocycles. The minimum atomic E-state index is -4.53. The molecule has 0 bridgehead atoms. The second kappa shape index (κ2) is 5.87. The average Bonchev–Trinajstić information content (AvgIpc) is 2.87. The summed E-state index contributed by atoms with van der Waals surface area (Å²) in [5, 5.41) is 13.4. The van der Waals surface area contributed by atoms with Gasteiger partial charge in [0.15, 0.2) is 0 Å². The molecule has 102 valence electrons. The number of hydrogen-bond acceptors (Lipinski definition) is 6. The summed E-state index contributed by atoms with van der Waals surface area (Å²) in [4.78, 5) is 6.56. The highest BCUT2D eigenvalue weighted by Crippen LogP contribution is 2.26. The Morgan fingerprint density at radius 3 is 2.89 bits per heavy atom. The van der Waals surface area contributed by atoms with Gasteiger partial charge in [-0.3, -0.25) is 0 Å². The molecule has 19 heavy (non-hydrogen) atoms. The van der Waals surface area contributed by atoms with Crippen molar-refractivity contribution < 1.29 is 13.2 Å². The fraction of sp³-hybridized carbons (Fsp3) is 0.333. The van der Waals surface area contributed by atoms with Crippen LogP contribution in [0.5, 0.6) is 0 Å². The molecule has 0 unspecified atom stereocenters. The monoisotopic (exact) mass is 290 g/mol. The fourth-order valence-corrected chi connectivity index (χ4v) is 1.83. The molecule has 0 saturated heterocycles. The molecule has 10 heteroatoms. The lowest BCUT2D eigenvalue weighted by molar-refractivity contribution is -0.144. The van der Waals surface area contributed by atoms with E-state index < -0.39 is 12.0 Å². The van der Waals surface area contributed by atoms with Gasteiger partial charge in [-0.1, -0.05) is 0 Å². The number of thioether (sulfide) groups is 1. The molecular weight excluding hydrogens is 281 g/mol. The van der Waals surface area contributed by atoms with E-state index >= 15 is 0 Å². The highest BCUT2D eigenvalue weighted by Gasteiger charge is 2.34. The third kappa shape index (κ3) is 4.09. The second-order valence-electron chi connectivity index (χ2n) is 3.35. The Morgan fingerprint density at radius 1 is 1.37 bits per heavy atom. The van der Waals surface area contributed by atoms with Gasteiger partial charge in [0.2, 0.25) is 5.82 Å². The Bertz CT molecular complexity index is 515. The van der Waals surface area contributed by atoms with Crippen LogP contribution in [0.3, 0.4) is 0 Å². The summed E-state index contributed by atoms with van der Waals surface area (Å²) >= 11 is 1.42. The van der Waals surface area contributed by atoms with Crippen LogP contribution in [-0.4, -0.2) is 37.7 Å². The van der Waals surface area contributed by atoms with E-state index in [1.807, 2.05) is 0 Å². The van der Waals surface area contributed by atoms with Gasteiger partial charge >= 0.3 is 6.18 Å². The highest BCUT2D eigenvalue weighted by molar-refractivity contribution is 7.99. The first-order valence-electron chi connectivity index (χ1n) is 5.18. The van der Waals surface area contributed by atoms with E-state index in [4.69, 9.17) is 0 Å². The number of rotatable bonds is 5. The van der Waals surface area contributed by atoms with Gasteiger partial charge in [0.25, 0.3) is 0 Å². The van der Waals surface area contributed by atoms with Crippen LogP contribution < -0.4 is 5.32 Å². The van der Waals surface area contributed by atoms with Crippen molar-refractivity contribution in [1.82, 2.24) is 25.4 Å². The first-order valence-corrected chi connectivity index (χ1v) is 6.17. The van der Waals surface area contributed by atoms with Crippen molar-refractivity contribution in [2.24, 2.45) is 0 Å². The summed E-state index contributed by atoms with van der Waals surface area (Å²) < 4.78 is 37.1. The average molecular weight is 290 g/mol. The summed E-state index contributed by atoms with van der Waals surface area (Å²) in [6.07, 6.45) is -1.90. The number of alkyl halides is 3. The molecule has 0 aliphatic carbocycles. The van der Waals surface area contributed by atoms with E-state index in [0.29, 0.717) is 12.3 Å². The van der Waals surface area contributed by atoms with Crippen LogP contribution in [0.2, 0.25) is 0 Å². The van der Waals surface area contributed by atoms with Crippen LogP contribution in [0.4, 0.5) is 19.0 Å². The van der Waals surface area contributed by atoms with Crippen molar-refractivity contribution in [3.8, 4) is 0 Å². The molecule has 2 aromatic rings. The maximum absolute atomic E-state index is 12.4. The molecule has 2 N–H and O–H groups in total. The number of aromatic amines is 1. The van der Waals surface area contributed by atoms with Gasteiger partial charge in [-0.2, -0.15) is 23.5 Å². The van der Waals surface area contributed by atoms with Crippen LogP contribution in [0, 0.1) is 0 Å². The van der Waals surface area contributed by atoms with Crippen LogP contribution in [-0.2, 0) is 6.18 Å². The molecule has 2 aromatic heterocycles. The number of H-pyrrole nitrogens is 1. The molecule has 2 rings (SSSR count). The maximum atomic E-state index is 12.4. The van der Waals surface area contributed by atoms with E-state index in [2.05, 4.69) is 30.7 Å². The second-order valence-corrected chi connectivity index (χ2v) is 4.46. The summed E-state index contributed by atoms with van der Waals surface area (Å²) in [5.41, 5.74) is 0. The highest BCUT2D eigenvalue weighted by atomic mass is 32.2. The molecule has 0 fully saturated rings. The summed E-state index contributed by atoms with van der Waals surface area (Å²) in [7, 11) is 0. The van der Waals surface area contributed by atoms with Crippen molar-refractivity contribution in [2.75, 3.05) is 17.6 Å². The van der Waals surface area contributed by atoms with Gasteiger partial charge < -0.3 is 5.32 Å². The standard InChI is InChI=1S/C9H9F3N6S/c10-9(11,12)8-14-2-1-6(16-8)13-3-4-19-7-5-15-18-17-7/h1-2,5H,3-4H2,(H,13,14,16)(H,15,17,18). The van der Waals surface area contributed by atoms with Crippen molar-refractivity contribution >= 4 is 17.6 Å². The Labute approximate surface area is 110 Å². The quantitative estimate of drug-likeness (QED) is 0.646. The van der Waals surface area contributed by atoms with Crippen LogP contribution in [0.15, 0.2) is 23.5 Å². The van der Waals surface area contributed by atoms with Gasteiger partial charge in [0.05, 0.1) is 6.20 Å². The van der Waals surface area contributed by atoms with Crippen LogP contribution >= 0.6 is 11.8 Å². The van der Waals surface area contributed by atoms with Gasteiger partial charge in [0.1, 0.15) is 10.8 Å². The van der Waals surface area contributed by atoms with Gasteiger partial charge in [-0.05, 0) is 6.07 Å². The smallest absolute Gasteiger partial charge is 0.369 e. The lowest BCUT2D eigenvalue weighted by atomic mass is 10.5. The number of nitrogens with zero attached hydrogens (tertiary/aromatic N) is 4. The zero-order chi connectivity index (χ0) is 13.7. The van der Waals surface area contributed by atoms with E-state index in [-0.39, 0.29) is 5.82 Å². The Morgan fingerprint density at radius 2 is 2.21 bits per heavy atom. The molecule has 0 aliphatic heterocycles. The normalized spacial score (nSPS) is 11.5. The zero-order valence-electron chi connectivity index (χ0n) is 9.48. The number of aromatic nitrogens is 5. The lowest BCUT2D eigenvalue weighted by Gasteiger charge is -2.07. The molecule has 6 nitrogen and oxygen atoms in total. The van der Waals surface area contributed by atoms with Crippen LogP contribution in [0.25, 0.3) is 0 Å². The SMILES string of the molecule is FC(F)(F)c1nccc(NCCSc2cn[nH]n2)n1. The van der Waals surface area contributed by atoms with Gasteiger partial charge in [-0.15, -0.1) is 16.9 Å². The Kier molecular flexibility index (Phi) is 4.20. The van der Waals surface area contributed by atoms with Gasteiger partial charge in [0, 0.05) is 18.5 Å². The number of halogens is 3. The van der Waals surface area contributed by atoms with Crippen molar-refractivity contribution in [3.05, 3.63) is 24.3 Å². The van der Waals surface area contributed by atoms with Crippen molar-refractivity contribution in [3.63, 3.8) is 0 Å². The summed E-state index contributed by atoms with van der Waals surface area (Å²) in [6.45, 7) is 0.450. The summed E-state index contributed by atoms with van der Waals surface area (Å²) in [6, 6.07) is 1.38. The number of hydrogen-bond donors (Lipinski definition) is 2. The lowest BCUT2D eigenvalue weighted by Crippen LogP contribution is -2.13. The summed E-state index contributed by atoms with van der Waals surface area (Å²) in [5.74, 6) is -0.387. The van der Waals surface area contributed by atoms with E-state index in [0.717, 1.165) is 11.2 Å². The molecule has 0 radical (unpaired) electrons. The predicted octanol–water partition coefficient (Wildman–Crippen LogP) is 1.82. The largest absolute Gasteiger partial charge is 0.451 e. The van der Waals surface area contributed by atoms with Crippen molar-refractivity contribution in [1.29, 1.82) is 0 Å². The molecule has 0 spiro atoms. The van der Waals surface area contributed by atoms with Crippen LogP contribution in [0.1, 0.15) is 5.82 Å². The minimum Gasteiger partial charge on any atom is -0.369 e. The fourth-order valence-electron chi connectivity index (χ4n) is 1.19. The molecule has 2 heterocycles. The van der Waals surface area contributed by atoms with E-state index in [9.17, 15) is 13.2 Å². The maximum Gasteiger partial charge on any atom is 0.451 e. The topological polar surface area (TPSA) is 79.4 Å². The third-order valence-electron chi connectivity index (χ3n) is 1.96.